The molecule has 19 heavy (non-hydrogen) atoms. The van der Waals surface area contributed by atoms with Crippen LogP contribution in [0.3, 0.4) is 0 Å². The van der Waals surface area contributed by atoms with Crippen LogP contribution in [-0.2, 0) is 6.42 Å². The van der Waals surface area contributed by atoms with Gasteiger partial charge in [-0.15, -0.1) is 0 Å². The summed E-state index contributed by atoms with van der Waals surface area (Å²) in [6, 6.07) is 0.535. The number of nitro benzene ring substituents is 3. The molecule has 0 fully saturated rings. The molecule has 0 radical (unpaired) electrons. The molecule has 0 bridgehead atoms. The van der Waals surface area contributed by atoms with Crippen LogP contribution in [0.25, 0.3) is 0 Å². The van der Waals surface area contributed by atoms with Crippen LogP contribution in [0.2, 0.25) is 0 Å². The third-order valence-electron chi connectivity index (χ3n) is 2.41. The minimum Gasteiger partial charge on any atom is -0.497 e. The Labute approximate surface area is 105 Å². The molecule has 0 aliphatic carbocycles. The zero-order valence-electron chi connectivity index (χ0n) is 9.73. The van der Waals surface area contributed by atoms with Crippen LogP contribution >= 0.6 is 0 Å². The van der Waals surface area contributed by atoms with Crippen molar-refractivity contribution in [3.8, 4) is 5.75 Å². The van der Waals surface area contributed by atoms with Gasteiger partial charge in [-0.1, -0.05) is 13.3 Å². The van der Waals surface area contributed by atoms with Gasteiger partial charge in [-0.2, -0.15) is 0 Å². The second kappa shape index (κ2) is 5.25. The smallest absolute Gasteiger partial charge is 0.328 e. The van der Waals surface area contributed by atoms with Crippen molar-refractivity contribution < 1.29 is 19.9 Å². The molecule has 0 unspecified atom stereocenters. The van der Waals surface area contributed by atoms with E-state index in [0.717, 1.165) is 0 Å². The van der Waals surface area contributed by atoms with Crippen LogP contribution in [0.1, 0.15) is 18.9 Å². The minimum atomic E-state index is -1.16. The predicted molar refractivity (Wildman–Crippen MR) is 62.1 cm³/mol. The number of benzene rings is 1. The fraction of sp³-hybridized carbons (Fsp3) is 0.333. The lowest BCUT2D eigenvalue weighted by Crippen LogP contribution is -2.04. The van der Waals surface area contributed by atoms with E-state index in [1.165, 1.54) is 0 Å². The molecular formula is C9H9N3O7. The number of phenols is 1. The lowest BCUT2D eigenvalue weighted by molar-refractivity contribution is -0.405. The molecular weight excluding hydrogens is 262 g/mol. The Bertz CT molecular complexity index is 569. The second-order valence-corrected chi connectivity index (χ2v) is 3.61. The summed E-state index contributed by atoms with van der Waals surface area (Å²) in [6.07, 6.45) is 0.303. The maximum atomic E-state index is 10.9. The molecule has 1 aromatic carbocycles. The zero-order chi connectivity index (χ0) is 14.7. The topological polar surface area (TPSA) is 150 Å². The van der Waals surface area contributed by atoms with E-state index in [9.17, 15) is 35.4 Å². The van der Waals surface area contributed by atoms with E-state index in [2.05, 4.69) is 0 Å². The highest BCUT2D eigenvalue weighted by Crippen LogP contribution is 2.43. The Hall–Kier alpha value is -2.78. The van der Waals surface area contributed by atoms with Crippen LogP contribution in [-0.4, -0.2) is 19.9 Å². The molecule has 1 rings (SSSR count). The van der Waals surface area contributed by atoms with Gasteiger partial charge in [0, 0.05) is 0 Å². The summed E-state index contributed by atoms with van der Waals surface area (Å²) >= 11 is 0. The highest BCUT2D eigenvalue weighted by Gasteiger charge is 2.36. The lowest BCUT2D eigenvalue weighted by Gasteiger charge is -2.05. The molecule has 10 heteroatoms. The number of rotatable bonds is 5. The molecule has 1 N–H and O–H groups in total. The number of nitrogens with zero attached hydrogens (tertiary/aromatic N) is 3. The summed E-state index contributed by atoms with van der Waals surface area (Å²) in [7, 11) is 0. The van der Waals surface area contributed by atoms with Gasteiger partial charge < -0.3 is 5.11 Å². The Kier molecular flexibility index (Phi) is 3.94. The first-order chi connectivity index (χ1) is 8.81. The largest absolute Gasteiger partial charge is 0.497 e. The van der Waals surface area contributed by atoms with Gasteiger partial charge in [0.1, 0.15) is 5.56 Å². The first kappa shape index (κ1) is 14.3. The Balaban J connectivity index is 3.77. The van der Waals surface area contributed by atoms with Crippen LogP contribution in [0.4, 0.5) is 17.1 Å². The molecule has 102 valence electrons. The number of phenolic OH excluding ortho intramolecular Hbond substituents is 1. The van der Waals surface area contributed by atoms with Gasteiger partial charge in [-0.25, -0.2) is 0 Å². The van der Waals surface area contributed by atoms with Crippen LogP contribution in [0, 0.1) is 30.3 Å². The maximum absolute atomic E-state index is 10.9. The molecule has 0 heterocycles. The average molecular weight is 271 g/mol. The van der Waals surface area contributed by atoms with Crippen molar-refractivity contribution in [3.63, 3.8) is 0 Å². The standard InChI is InChI=1S/C9H9N3O7/c1-2-3-5-6(10(14)15)4-7(11(16)17)9(13)8(5)12(18)19/h4,13H,2-3H2,1H3. The van der Waals surface area contributed by atoms with Gasteiger partial charge in [0.05, 0.1) is 20.8 Å². The van der Waals surface area contributed by atoms with Crippen molar-refractivity contribution in [1.29, 1.82) is 0 Å². The summed E-state index contributed by atoms with van der Waals surface area (Å²) in [5.41, 5.74) is -3.10. The Morgan fingerprint density at radius 3 is 1.95 bits per heavy atom. The molecule has 0 saturated heterocycles. The van der Waals surface area contributed by atoms with Gasteiger partial charge in [0.25, 0.3) is 11.4 Å². The third kappa shape index (κ3) is 2.56. The Morgan fingerprint density at radius 1 is 1.05 bits per heavy atom. The first-order valence-electron chi connectivity index (χ1n) is 5.13. The molecule has 0 aliphatic rings. The van der Waals surface area contributed by atoms with Crippen LogP contribution < -0.4 is 0 Å². The van der Waals surface area contributed by atoms with E-state index in [-0.39, 0.29) is 12.0 Å². The van der Waals surface area contributed by atoms with Gasteiger partial charge in [0.2, 0.25) is 0 Å². The van der Waals surface area contributed by atoms with Crippen molar-refractivity contribution in [1.82, 2.24) is 0 Å². The number of nitro groups is 3. The van der Waals surface area contributed by atoms with E-state index in [0.29, 0.717) is 12.5 Å². The fourth-order valence-corrected chi connectivity index (χ4v) is 1.67. The highest BCUT2D eigenvalue weighted by molar-refractivity contribution is 5.70. The van der Waals surface area contributed by atoms with E-state index in [4.69, 9.17) is 0 Å². The molecule has 0 aliphatic heterocycles. The third-order valence-corrected chi connectivity index (χ3v) is 2.41. The SMILES string of the molecule is CCCc1c([N+](=O)[O-])cc([N+](=O)[O-])c(O)c1[N+](=O)[O-]. The summed E-state index contributed by atoms with van der Waals surface area (Å²) in [4.78, 5) is 29.2. The summed E-state index contributed by atoms with van der Waals surface area (Å²) < 4.78 is 0. The Morgan fingerprint density at radius 2 is 1.58 bits per heavy atom. The van der Waals surface area contributed by atoms with Crippen molar-refractivity contribution in [3.05, 3.63) is 42.0 Å². The predicted octanol–water partition coefficient (Wildman–Crippen LogP) is 2.07. The maximum Gasteiger partial charge on any atom is 0.328 e. The van der Waals surface area contributed by atoms with Gasteiger partial charge in [-0.05, 0) is 6.42 Å². The lowest BCUT2D eigenvalue weighted by atomic mass is 10.0. The second-order valence-electron chi connectivity index (χ2n) is 3.61. The summed E-state index contributed by atoms with van der Waals surface area (Å²) in [5.74, 6) is -1.16. The fourth-order valence-electron chi connectivity index (χ4n) is 1.67. The first-order valence-corrected chi connectivity index (χ1v) is 5.13. The monoisotopic (exact) mass is 271 g/mol. The summed E-state index contributed by atoms with van der Waals surface area (Å²) in [6.45, 7) is 1.63. The van der Waals surface area contributed by atoms with E-state index < -0.39 is 37.6 Å². The van der Waals surface area contributed by atoms with E-state index in [1.54, 1.807) is 6.92 Å². The van der Waals surface area contributed by atoms with Crippen molar-refractivity contribution in [2.45, 2.75) is 19.8 Å². The van der Waals surface area contributed by atoms with Crippen molar-refractivity contribution in [2.24, 2.45) is 0 Å². The normalized spacial score (nSPS) is 10.2. The van der Waals surface area contributed by atoms with Gasteiger partial charge >= 0.3 is 11.4 Å². The number of aromatic hydroxyl groups is 1. The molecule has 1 aromatic rings. The molecule has 0 spiro atoms. The molecule has 0 amide bonds. The van der Waals surface area contributed by atoms with Crippen molar-refractivity contribution in [2.75, 3.05) is 0 Å². The molecule has 10 nitrogen and oxygen atoms in total. The van der Waals surface area contributed by atoms with Crippen LogP contribution in [0.5, 0.6) is 5.75 Å². The number of hydrogen-bond acceptors (Lipinski definition) is 7. The van der Waals surface area contributed by atoms with Gasteiger partial charge in [0.15, 0.2) is 0 Å². The minimum absolute atomic E-state index is 0.0435. The highest BCUT2D eigenvalue weighted by atomic mass is 16.6. The molecule has 0 atom stereocenters. The molecule has 0 aromatic heterocycles. The van der Waals surface area contributed by atoms with Crippen molar-refractivity contribution >= 4 is 17.1 Å². The zero-order valence-corrected chi connectivity index (χ0v) is 9.73. The quantitative estimate of drug-likeness (QED) is 0.635. The average Bonchev–Trinajstić information content (AvgIpc) is 2.27. The van der Waals surface area contributed by atoms with Crippen LogP contribution in [0.15, 0.2) is 6.07 Å². The summed E-state index contributed by atoms with van der Waals surface area (Å²) in [5, 5.41) is 41.9. The van der Waals surface area contributed by atoms with E-state index >= 15 is 0 Å². The number of hydrogen-bond donors (Lipinski definition) is 1. The molecule has 0 saturated carbocycles. The van der Waals surface area contributed by atoms with Gasteiger partial charge in [-0.3, -0.25) is 30.3 Å². The van der Waals surface area contributed by atoms with E-state index in [1.807, 2.05) is 0 Å².